The summed E-state index contributed by atoms with van der Waals surface area (Å²) in [5.41, 5.74) is 6.27. The van der Waals surface area contributed by atoms with Crippen molar-refractivity contribution >= 4 is 51.3 Å². The molecule has 1 saturated heterocycles. The minimum absolute atomic E-state index is 0.128. The Morgan fingerprint density at radius 2 is 1.59 bits per heavy atom. The van der Waals surface area contributed by atoms with Crippen LogP contribution in [0.3, 0.4) is 0 Å². The Labute approximate surface area is 302 Å². The van der Waals surface area contributed by atoms with Gasteiger partial charge < -0.3 is 33.4 Å². The van der Waals surface area contributed by atoms with Crippen LogP contribution in [-0.4, -0.2) is 100.0 Å². The normalized spacial score (nSPS) is 14.4. The molecule has 0 bridgehead atoms. The average Bonchev–Trinajstić information content (AvgIpc) is 3.74. The van der Waals surface area contributed by atoms with Crippen LogP contribution in [0.15, 0.2) is 60.9 Å². The Hall–Kier alpha value is -4.81. The number of benzene rings is 3. The van der Waals surface area contributed by atoms with E-state index >= 15 is 0 Å². The Balaban J connectivity index is 0.000000211. The summed E-state index contributed by atoms with van der Waals surface area (Å²) in [5, 5.41) is 9.57. The molecule has 2 aliphatic rings. The standard InChI is InChI=1S/C25H30N4O4.C13H15ClN2O2/c1-18-4-6-21-20(16-18)26-24(25(30)31)29(21)9-3-2-8-27-10-12-28(13-11-27)19-5-7-22-23(17-19)33-15-14-32-22;1-18-13(17)10-4-5-12-11(8-10)15-9-16(12)7-3-2-6-14/h4-7,16-17H,2-3,8-15H2,1H3,(H,30,31);4-5,8-9H,2-3,6-7H2,1H3. The largest absolute Gasteiger partial charge is 0.486 e. The number of piperazine rings is 1. The van der Waals surface area contributed by atoms with Gasteiger partial charge in [0, 0.05) is 56.9 Å². The third-order valence-corrected chi connectivity index (χ3v) is 9.56. The first-order valence-electron chi connectivity index (χ1n) is 17.5. The highest BCUT2D eigenvalue weighted by Gasteiger charge is 2.20. The summed E-state index contributed by atoms with van der Waals surface area (Å²) in [6.45, 7) is 9.77. The lowest BCUT2D eigenvalue weighted by molar-refractivity contribution is 0.0599. The summed E-state index contributed by atoms with van der Waals surface area (Å²) < 4.78 is 19.9. The van der Waals surface area contributed by atoms with Crippen molar-refractivity contribution in [3.63, 3.8) is 0 Å². The van der Waals surface area contributed by atoms with Crippen LogP contribution in [0.2, 0.25) is 0 Å². The fraction of sp³-hybridized carbons (Fsp3) is 0.421. The number of anilines is 1. The first-order chi connectivity index (χ1) is 24.8. The van der Waals surface area contributed by atoms with Gasteiger partial charge >= 0.3 is 11.9 Å². The number of carbonyl (C=O) groups excluding carboxylic acids is 1. The van der Waals surface area contributed by atoms with E-state index in [1.54, 1.807) is 18.5 Å². The number of unbranched alkanes of at least 4 members (excludes halogenated alkanes) is 2. The van der Waals surface area contributed by atoms with E-state index < -0.39 is 5.97 Å². The second kappa shape index (κ2) is 16.9. The summed E-state index contributed by atoms with van der Waals surface area (Å²) in [6.07, 6.45) is 5.74. The van der Waals surface area contributed by atoms with E-state index in [9.17, 15) is 14.7 Å². The molecule has 7 rings (SSSR count). The Morgan fingerprint density at radius 3 is 2.35 bits per heavy atom. The number of carboxylic acids is 1. The number of imidazole rings is 2. The number of nitrogens with zero attached hydrogens (tertiary/aromatic N) is 6. The number of carboxylic acid groups (broad SMARTS) is 1. The second-order valence-corrected chi connectivity index (χ2v) is 13.2. The van der Waals surface area contributed by atoms with Crippen molar-refractivity contribution in [3.8, 4) is 11.5 Å². The van der Waals surface area contributed by atoms with Crippen LogP contribution < -0.4 is 14.4 Å². The van der Waals surface area contributed by atoms with E-state index in [4.69, 9.17) is 21.1 Å². The van der Waals surface area contributed by atoms with Gasteiger partial charge in [-0.1, -0.05) is 6.07 Å². The quantitative estimate of drug-likeness (QED) is 0.0899. The molecule has 0 spiro atoms. The van der Waals surface area contributed by atoms with Gasteiger partial charge in [0.05, 0.1) is 41.1 Å². The summed E-state index contributed by atoms with van der Waals surface area (Å²) in [4.78, 5) is 36.6. The van der Waals surface area contributed by atoms with Crippen LogP contribution >= 0.6 is 11.6 Å². The Bertz CT molecular complexity index is 1970. The molecule has 12 nitrogen and oxygen atoms in total. The van der Waals surface area contributed by atoms with Gasteiger partial charge in [-0.25, -0.2) is 19.6 Å². The fourth-order valence-electron chi connectivity index (χ4n) is 6.56. The van der Waals surface area contributed by atoms with Crippen LogP contribution in [0.4, 0.5) is 5.69 Å². The van der Waals surface area contributed by atoms with Crippen LogP contribution in [0, 0.1) is 6.92 Å². The number of aryl methyl sites for hydroxylation is 3. The number of methoxy groups -OCH3 is 1. The maximum Gasteiger partial charge on any atom is 0.372 e. The van der Waals surface area contributed by atoms with Gasteiger partial charge in [0.1, 0.15) is 13.2 Å². The predicted molar refractivity (Wildman–Crippen MR) is 198 cm³/mol. The number of ether oxygens (including phenoxy) is 3. The van der Waals surface area contributed by atoms with E-state index in [0.717, 1.165) is 104 Å². The predicted octanol–water partition coefficient (Wildman–Crippen LogP) is 6.26. The van der Waals surface area contributed by atoms with Gasteiger partial charge in [-0.2, -0.15) is 0 Å². The molecule has 1 fully saturated rings. The molecule has 0 unspecified atom stereocenters. The summed E-state index contributed by atoms with van der Waals surface area (Å²) >= 11 is 5.66. The molecule has 0 saturated carbocycles. The van der Waals surface area contributed by atoms with Gasteiger partial charge in [-0.05, 0) is 87.2 Å². The summed E-state index contributed by atoms with van der Waals surface area (Å²) in [6, 6.07) is 17.5. The zero-order valence-corrected chi connectivity index (χ0v) is 30.0. The summed E-state index contributed by atoms with van der Waals surface area (Å²) in [7, 11) is 1.37. The van der Waals surface area contributed by atoms with Crippen LogP contribution in [0.1, 0.15) is 52.2 Å². The first-order valence-corrected chi connectivity index (χ1v) is 18.0. The molecular formula is C38H45ClN6O6. The number of esters is 1. The smallest absolute Gasteiger partial charge is 0.372 e. The number of hydrogen-bond acceptors (Lipinski definition) is 9. The molecule has 3 aromatic carbocycles. The van der Waals surface area contributed by atoms with Gasteiger partial charge in [-0.3, -0.25) is 4.90 Å². The highest BCUT2D eigenvalue weighted by molar-refractivity contribution is 6.17. The number of rotatable bonds is 12. The van der Waals surface area contributed by atoms with Crippen molar-refractivity contribution in [1.82, 2.24) is 24.0 Å². The van der Waals surface area contributed by atoms with E-state index in [0.29, 0.717) is 31.2 Å². The summed E-state index contributed by atoms with van der Waals surface area (Å²) in [5.74, 6) is 1.16. The molecule has 4 heterocycles. The first kappa shape index (κ1) is 36.0. The fourth-order valence-corrected chi connectivity index (χ4v) is 6.75. The molecular weight excluding hydrogens is 672 g/mol. The number of aromatic carboxylic acids is 1. The van der Waals surface area contributed by atoms with Crippen molar-refractivity contribution in [3.05, 3.63) is 77.9 Å². The van der Waals surface area contributed by atoms with E-state index in [1.165, 1.54) is 12.8 Å². The van der Waals surface area contributed by atoms with E-state index in [-0.39, 0.29) is 11.8 Å². The minimum atomic E-state index is -0.973. The second-order valence-electron chi connectivity index (χ2n) is 12.8. The SMILES string of the molecule is COC(=O)c1ccc2c(c1)ncn2CCCCCl.Cc1ccc2c(c1)nc(C(=O)O)n2CCCCN1CCN(c2ccc3c(c2)OCCO3)CC1. The third kappa shape index (κ3) is 8.74. The number of hydrogen-bond donors (Lipinski definition) is 1. The topological polar surface area (TPSA) is 124 Å². The van der Waals surface area contributed by atoms with Crippen LogP contribution in [0.25, 0.3) is 22.1 Å². The highest BCUT2D eigenvalue weighted by atomic mass is 35.5. The zero-order chi connectivity index (χ0) is 35.7. The Morgan fingerprint density at radius 1 is 0.843 bits per heavy atom. The number of carbonyl (C=O) groups is 2. The Kier molecular flexibility index (Phi) is 12.0. The van der Waals surface area contributed by atoms with Gasteiger partial charge in [0.25, 0.3) is 0 Å². The van der Waals surface area contributed by atoms with Crippen molar-refractivity contribution in [2.75, 3.05) is 63.8 Å². The zero-order valence-electron chi connectivity index (χ0n) is 29.2. The number of fused-ring (bicyclic) bond motifs is 3. The highest BCUT2D eigenvalue weighted by Crippen LogP contribution is 2.34. The monoisotopic (exact) mass is 716 g/mol. The maximum absolute atomic E-state index is 11.7. The average molecular weight is 717 g/mol. The molecule has 2 aliphatic heterocycles. The van der Waals surface area contributed by atoms with Crippen molar-refractivity contribution in [2.24, 2.45) is 0 Å². The van der Waals surface area contributed by atoms with Gasteiger partial charge in [0.15, 0.2) is 11.5 Å². The number of halogens is 1. The lowest BCUT2D eigenvalue weighted by atomic mass is 10.2. The number of aromatic nitrogens is 4. The lowest BCUT2D eigenvalue weighted by Crippen LogP contribution is -2.46. The van der Waals surface area contributed by atoms with E-state index in [1.807, 2.05) is 41.8 Å². The van der Waals surface area contributed by atoms with Crippen LogP contribution in [-0.2, 0) is 17.8 Å². The van der Waals surface area contributed by atoms with Crippen LogP contribution in [0.5, 0.6) is 11.5 Å². The molecule has 270 valence electrons. The molecule has 13 heteroatoms. The molecule has 51 heavy (non-hydrogen) atoms. The van der Waals surface area contributed by atoms with E-state index in [2.05, 4.69) is 41.2 Å². The molecule has 0 amide bonds. The van der Waals surface area contributed by atoms with Crippen molar-refractivity contribution in [1.29, 1.82) is 0 Å². The van der Waals surface area contributed by atoms with Crippen molar-refractivity contribution < 1.29 is 28.9 Å². The molecule has 0 aliphatic carbocycles. The maximum atomic E-state index is 11.7. The molecule has 1 N–H and O–H groups in total. The number of alkyl halides is 1. The molecule has 5 aromatic rings. The molecule has 0 radical (unpaired) electrons. The third-order valence-electron chi connectivity index (χ3n) is 9.29. The molecule has 2 aromatic heterocycles. The molecule has 0 atom stereocenters. The van der Waals surface area contributed by atoms with Gasteiger partial charge in [0.2, 0.25) is 5.82 Å². The van der Waals surface area contributed by atoms with Gasteiger partial charge in [-0.15, -0.1) is 11.6 Å². The minimum Gasteiger partial charge on any atom is -0.486 e. The lowest BCUT2D eigenvalue weighted by Gasteiger charge is -2.36. The van der Waals surface area contributed by atoms with Crippen molar-refractivity contribution in [2.45, 2.75) is 45.7 Å².